The lowest BCUT2D eigenvalue weighted by Crippen LogP contribution is -2.47. The Morgan fingerprint density at radius 1 is 1.23 bits per heavy atom. The fourth-order valence-electron chi connectivity index (χ4n) is 3.78. The van der Waals surface area contributed by atoms with E-state index in [1.54, 1.807) is 23.1 Å². The van der Waals surface area contributed by atoms with Gasteiger partial charge in [0.15, 0.2) is 0 Å². The molecular formula is C22H23FN4O3. The van der Waals surface area contributed by atoms with Gasteiger partial charge < -0.3 is 15.1 Å². The van der Waals surface area contributed by atoms with Crippen molar-refractivity contribution in [3.8, 4) is 0 Å². The summed E-state index contributed by atoms with van der Waals surface area (Å²) in [4.78, 5) is 36.9. The molecule has 1 N–H and O–H groups in total. The summed E-state index contributed by atoms with van der Waals surface area (Å²) in [7, 11) is 0. The molecule has 1 saturated heterocycles. The number of oxime groups is 1. The number of amides is 2. The zero-order valence-electron chi connectivity index (χ0n) is 16.7. The monoisotopic (exact) mass is 410 g/mol. The van der Waals surface area contributed by atoms with Crippen molar-refractivity contribution in [1.82, 2.24) is 9.88 Å². The highest BCUT2D eigenvalue weighted by atomic mass is 19.1. The van der Waals surface area contributed by atoms with E-state index in [0.717, 1.165) is 12.1 Å². The lowest BCUT2D eigenvalue weighted by molar-refractivity contribution is -0.144. The lowest BCUT2D eigenvalue weighted by Gasteiger charge is -2.33. The van der Waals surface area contributed by atoms with Crippen LogP contribution in [0.3, 0.4) is 0 Å². The van der Waals surface area contributed by atoms with Crippen molar-refractivity contribution in [2.45, 2.75) is 32.3 Å². The van der Waals surface area contributed by atoms with E-state index in [-0.39, 0.29) is 30.0 Å². The molecule has 7 nitrogen and oxygen atoms in total. The number of nitrogens with zero attached hydrogens (tertiary/aromatic N) is 3. The third-order valence-electron chi connectivity index (χ3n) is 5.35. The minimum atomic E-state index is -0.747. The van der Waals surface area contributed by atoms with Gasteiger partial charge in [-0.15, -0.1) is 0 Å². The van der Waals surface area contributed by atoms with Crippen LogP contribution in [0, 0.1) is 18.7 Å². The van der Waals surface area contributed by atoms with Crippen LogP contribution in [0.2, 0.25) is 0 Å². The van der Waals surface area contributed by atoms with Gasteiger partial charge in [0, 0.05) is 30.8 Å². The SMILES string of the molecule is Cc1cccc(NC(=O)[C@H]2CCCN(C(=O)[C@@H]3CC(c4cccc(F)c4)=NO3)C2)n1. The zero-order chi connectivity index (χ0) is 21.1. The molecule has 0 spiro atoms. The third kappa shape index (κ3) is 4.48. The van der Waals surface area contributed by atoms with Gasteiger partial charge in [0.1, 0.15) is 11.6 Å². The minimum Gasteiger partial charge on any atom is -0.382 e. The quantitative estimate of drug-likeness (QED) is 0.840. The maximum absolute atomic E-state index is 13.5. The number of pyridine rings is 1. The molecule has 8 heteroatoms. The molecule has 2 aliphatic heterocycles. The number of carbonyl (C=O) groups excluding carboxylic acids is 2. The van der Waals surface area contributed by atoms with Crippen molar-refractivity contribution in [3.05, 3.63) is 59.5 Å². The van der Waals surface area contributed by atoms with Crippen LogP contribution in [0.4, 0.5) is 10.2 Å². The van der Waals surface area contributed by atoms with E-state index in [0.29, 0.717) is 36.6 Å². The molecule has 4 rings (SSSR count). The molecule has 0 aliphatic carbocycles. The molecule has 1 aromatic carbocycles. The first-order valence-corrected chi connectivity index (χ1v) is 10.0. The van der Waals surface area contributed by atoms with Crippen molar-refractivity contribution in [2.75, 3.05) is 18.4 Å². The summed E-state index contributed by atoms with van der Waals surface area (Å²) >= 11 is 0. The predicted octanol–water partition coefficient (Wildman–Crippen LogP) is 2.90. The molecule has 0 saturated carbocycles. The number of anilines is 1. The van der Waals surface area contributed by atoms with Crippen molar-refractivity contribution in [3.63, 3.8) is 0 Å². The van der Waals surface area contributed by atoms with Gasteiger partial charge in [0.2, 0.25) is 12.0 Å². The number of nitrogens with one attached hydrogen (secondary N) is 1. The highest BCUT2D eigenvalue weighted by Crippen LogP contribution is 2.23. The van der Waals surface area contributed by atoms with Crippen LogP contribution in [-0.2, 0) is 14.4 Å². The summed E-state index contributed by atoms with van der Waals surface area (Å²) in [6.07, 6.45) is 0.972. The van der Waals surface area contributed by atoms with Crippen LogP contribution in [0.5, 0.6) is 0 Å². The van der Waals surface area contributed by atoms with Crippen molar-refractivity contribution in [1.29, 1.82) is 0 Å². The number of likely N-dealkylation sites (tertiary alicyclic amines) is 1. The van der Waals surface area contributed by atoms with E-state index < -0.39 is 6.10 Å². The largest absolute Gasteiger partial charge is 0.382 e. The lowest BCUT2D eigenvalue weighted by atomic mass is 9.96. The molecule has 30 heavy (non-hydrogen) atoms. The van der Waals surface area contributed by atoms with E-state index >= 15 is 0 Å². The summed E-state index contributed by atoms with van der Waals surface area (Å²) in [6.45, 7) is 2.75. The summed E-state index contributed by atoms with van der Waals surface area (Å²) < 4.78 is 13.5. The van der Waals surface area contributed by atoms with Crippen LogP contribution < -0.4 is 5.32 Å². The number of rotatable bonds is 4. The molecule has 1 fully saturated rings. The van der Waals surface area contributed by atoms with Gasteiger partial charge in [-0.1, -0.05) is 23.4 Å². The molecule has 1 aromatic heterocycles. The molecule has 2 aliphatic rings. The average molecular weight is 410 g/mol. The van der Waals surface area contributed by atoms with Crippen LogP contribution in [-0.4, -0.2) is 46.6 Å². The van der Waals surface area contributed by atoms with Crippen molar-refractivity contribution in [2.24, 2.45) is 11.1 Å². The summed E-state index contributed by atoms with van der Waals surface area (Å²) in [5, 5.41) is 6.82. The van der Waals surface area contributed by atoms with Crippen LogP contribution in [0.1, 0.15) is 30.5 Å². The molecular weight excluding hydrogens is 387 g/mol. The van der Waals surface area contributed by atoms with E-state index in [2.05, 4.69) is 15.5 Å². The van der Waals surface area contributed by atoms with E-state index in [9.17, 15) is 14.0 Å². The van der Waals surface area contributed by atoms with Gasteiger partial charge in [-0.3, -0.25) is 9.59 Å². The molecule has 0 radical (unpaired) electrons. The molecule has 0 bridgehead atoms. The Kier molecular flexibility index (Phi) is 5.74. The fraction of sp³-hybridized carbons (Fsp3) is 0.364. The first kappa shape index (κ1) is 20.0. The van der Waals surface area contributed by atoms with Gasteiger partial charge >= 0.3 is 0 Å². The second-order valence-electron chi connectivity index (χ2n) is 7.62. The van der Waals surface area contributed by atoms with E-state index in [1.807, 2.05) is 19.1 Å². The van der Waals surface area contributed by atoms with Crippen molar-refractivity contribution < 1.29 is 18.8 Å². The summed E-state index contributed by atoms with van der Waals surface area (Å²) in [5.41, 5.74) is 1.97. The second kappa shape index (κ2) is 8.61. The normalized spacial score (nSPS) is 21.0. The highest BCUT2D eigenvalue weighted by Gasteiger charge is 2.36. The number of benzene rings is 1. The number of aromatic nitrogens is 1. The first-order chi connectivity index (χ1) is 14.5. The Morgan fingerprint density at radius 2 is 2.07 bits per heavy atom. The van der Waals surface area contributed by atoms with Crippen LogP contribution in [0.25, 0.3) is 0 Å². The van der Waals surface area contributed by atoms with Gasteiger partial charge in [-0.05, 0) is 44.0 Å². The van der Waals surface area contributed by atoms with Crippen LogP contribution in [0.15, 0.2) is 47.6 Å². The number of halogens is 1. The van der Waals surface area contributed by atoms with Crippen LogP contribution >= 0.6 is 0 Å². The minimum absolute atomic E-state index is 0.144. The fourth-order valence-corrected chi connectivity index (χ4v) is 3.78. The van der Waals surface area contributed by atoms with E-state index in [1.165, 1.54) is 12.1 Å². The molecule has 156 valence electrons. The number of aryl methyl sites for hydroxylation is 1. The summed E-state index contributed by atoms with van der Waals surface area (Å²) in [5.74, 6) is -0.505. The third-order valence-corrected chi connectivity index (χ3v) is 5.35. The Morgan fingerprint density at radius 3 is 2.87 bits per heavy atom. The highest BCUT2D eigenvalue weighted by molar-refractivity contribution is 6.04. The number of carbonyl (C=O) groups is 2. The number of hydrogen-bond acceptors (Lipinski definition) is 5. The number of hydrogen-bond donors (Lipinski definition) is 1. The molecule has 0 unspecified atom stereocenters. The Balaban J connectivity index is 1.35. The van der Waals surface area contributed by atoms with E-state index in [4.69, 9.17) is 4.84 Å². The molecule has 2 amide bonds. The number of piperidine rings is 1. The Hall–Kier alpha value is -3.29. The standard InChI is InChI=1S/C22H23FN4O3/c1-14-5-2-9-20(24-14)25-21(28)16-7-4-10-27(13-16)22(29)19-12-18(26-30-19)15-6-3-8-17(23)11-15/h2-3,5-6,8-9,11,16,19H,4,7,10,12-13H2,1H3,(H,24,25,28)/t16-,19-/m0/s1. The first-order valence-electron chi connectivity index (χ1n) is 10.0. The van der Waals surface area contributed by atoms with Gasteiger partial charge in [0.25, 0.3) is 5.91 Å². The smallest absolute Gasteiger partial charge is 0.266 e. The molecule has 2 aromatic rings. The summed E-state index contributed by atoms with van der Waals surface area (Å²) in [6, 6.07) is 11.5. The maximum Gasteiger partial charge on any atom is 0.266 e. The topological polar surface area (TPSA) is 83.9 Å². The average Bonchev–Trinajstić information content (AvgIpc) is 3.24. The van der Waals surface area contributed by atoms with Crippen molar-refractivity contribution >= 4 is 23.3 Å². The molecule has 3 heterocycles. The van der Waals surface area contributed by atoms with Gasteiger partial charge in [-0.2, -0.15) is 0 Å². The Labute approximate surface area is 173 Å². The van der Waals surface area contributed by atoms with Gasteiger partial charge in [0.05, 0.1) is 11.6 Å². The maximum atomic E-state index is 13.5. The Bertz CT molecular complexity index is 994. The second-order valence-corrected chi connectivity index (χ2v) is 7.62. The zero-order valence-corrected chi connectivity index (χ0v) is 16.7. The molecule has 2 atom stereocenters. The van der Waals surface area contributed by atoms with Gasteiger partial charge in [-0.25, -0.2) is 9.37 Å². The predicted molar refractivity (Wildman–Crippen MR) is 109 cm³/mol.